The van der Waals surface area contributed by atoms with Crippen molar-refractivity contribution in [1.29, 1.82) is 0 Å². The second kappa shape index (κ2) is 7.22. The number of carbonyl (C=O) groups is 1. The molecule has 2 aromatic rings. The molecule has 0 bridgehead atoms. The highest BCUT2D eigenvalue weighted by Gasteiger charge is 2.11. The molecule has 1 heterocycles. The quantitative estimate of drug-likeness (QED) is 0.768. The van der Waals surface area contributed by atoms with Gasteiger partial charge in [-0.15, -0.1) is 11.8 Å². The predicted octanol–water partition coefficient (Wildman–Crippen LogP) is 3.35. The minimum absolute atomic E-state index is 0.0665. The van der Waals surface area contributed by atoms with Gasteiger partial charge in [-0.05, 0) is 37.3 Å². The summed E-state index contributed by atoms with van der Waals surface area (Å²) in [6.07, 6.45) is 0. The van der Waals surface area contributed by atoms with E-state index in [9.17, 15) is 4.79 Å². The van der Waals surface area contributed by atoms with Gasteiger partial charge in [-0.2, -0.15) is 0 Å². The van der Waals surface area contributed by atoms with Crippen LogP contribution in [0, 0.1) is 6.92 Å². The third-order valence-corrected chi connectivity index (χ3v) is 4.00. The number of amides is 1. The van der Waals surface area contributed by atoms with Gasteiger partial charge in [0.25, 0.3) is 0 Å². The smallest absolute Gasteiger partial charge is 0.233 e. The number of hydrogen-bond acceptors (Lipinski definition) is 4. The summed E-state index contributed by atoms with van der Waals surface area (Å²) in [5.41, 5.74) is 0. The second-order valence-electron chi connectivity index (χ2n) is 4.73. The predicted molar refractivity (Wildman–Crippen MR) is 83.6 cm³/mol. The lowest BCUT2D eigenvalue weighted by Gasteiger charge is -2.15. The maximum absolute atomic E-state index is 12.1. The lowest BCUT2D eigenvalue weighted by Crippen LogP contribution is -2.27. The fourth-order valence-electron chi connectivity index (χ4n) is 1.84. The Morgan fingerprint density at radius 3 is 2.81 bits per heavy atom. The van der Waals surface area contributed by atoms with Gasteiger partial charge in [0.15, 0.2) is 0 Å². The SMILES string of the molecule is COc1cccc(SCC(=O)N(C)Cc2ccc(C)o2)c1. The van der Waals surface area contributed by atoms with E-state index in [1.165, 1.54) is 11.8 Å². The van der Waals surface area contributed by atoms with E-state index >= 15 is 0 Å². The van der Waals surface area contributed by atoms with Crippen molar-refractivity contribution in [2.75, 3.05) is 19.9 Å². The summed E-state index contributed by atoms with van der Waals surface area (Å²) in [6, 6.07) is 11.5. The molecule has 0 saturated heterocycles. The zero-order chi connectivity index (χ0) is 15.2. The standard InChI is InChI=1S/C16H19NO3S/c1-12-7-8-14(20-12)10-17(2)16(18)11-21-15-6-4-5-13(9-15)19-3/h4-9H,10-11H2,1-3H3. The molecule has 1 amide bonds. The summed E-state index contributed by atoms with van der Waals surface area (Å²) >= 11 is 1.50. The Bertz CT molecular complexity index is 609. The van der Waals surface area contributed by atoms with Crippen LogP contribution in [0.5, 0.6) is 5.75 Å². The maximum Gasteiger partial charge on any atom is 0.233 e. The Morgan fingerprint density at radius 1 is 1.33 bits per heavy atom. The summed E-state index contributed by atoms with van der Waals surface area (Å²) < 4.78 is 10.6. The molecule has 0 saturated carbocycles. The van der Waals surface area contributed by atoms with Crippen molar-refractivity contribution in [3.8, 4) is 5.75 Å². The molecule has 0 unspecified atom stereocenters. The number of ether oxygens (including phenoxy) is 1. The number of hydrogen-bond donors (Lipinski definition) is 0. The molecule has 4 nitrogen and oxygen atoms in total. The van der Waals surface area contributed by atoms with Crippen LogP contribution in [0.2, 0.25) is 0 Å². The van der Waals surface area contributed by atoms with Crippen LogP contribution in [0.3, 0.4) is 0 Å². The molecule has 0 fully saturated rings. The Morgan fingerprint density at radius 2 is 2.14 bits per heavy atom. The van der Waals surface area contributed by atoms with E-state index in [-0.39, 0.29) is 5.91 Å². The minimum atomic E-state index is 0.0665. The fourth-order valence-corrected chi connectivity index (χ4v) is 2.72. The van der Waals surface area contributed by atoms with Crippen LogP contribution in [0.1, 0.15) is 11.5 Å². The third-order valence-electron chi connectivity index (χ3n) is 3.02. The van der Waals surface area contributed by atoms with Crippen LogP contribution in [0.4, 0.5) is 0 Å². The number of methoxy groups -OCH3 is 1. The van der Waals surface area contributed by atoms with Gasteiger partial charge in [-0.1, -0.05) is 6.07 Å². The molecule has 1 aromatic heterocycles. The molecule has 0 spiro atoms. The van der Waals surface area contributed by atoms with Gasteiger partial charge in [-0.3, -0.25) is 4.79 Å². The minimum Gasteiger partial charge on any atom is -0.497 e. The van der Waals surface area contributed by atoms with Gasteiger partial charge in [0.2, 0.25) is 5.91 Å². The maximum atomic E-state index is 12.1. The molecule has 0 N–H and O–H groups in total. The van der Waals surface area contributed by atoms with Crippen molar-refractivity contribution in [1.82, 2.24) is 4.90 Å². The molecule has 0 radical (unpaired) electrons. The lowest BCUT2D eigenvalue weighted by atomic mass is 10.3. The molecule has 5 heteroatoms. The molecule has 0 aliphatic heterocycles. The summed E-state index contributed by atoms with van der Waals surface area (Å²) in [5.74, 6) is 2.92. The van der Waals surface area contributed by atoms with Gasteiger partial charge in [0, 0.05) is 11.9 Å². The molecule has 21 heavy (non-hydrogen) atoms. The number of furan rings is 1. The van der Waals surface area contributed by atoms with Crippen molar-refractivity contribution >= 4 is 17.7 Å². The Kier molecular flexibility index (Phi) is 5.33. The van der Waals surface area contributed by atoms with E-state index in [0.717, 1.165) is 22.2 Å². The number of carbonyl (C=O) groups excluding carboxylic acids is 1. The third kappa shape index (κ3) is 4.56. The molecular weight excluding hydrogens is 286 g/mol. The van der Waals surface area contributed by atoms with E-state index < -0.39 is 0 Å². The molecule has 112 valence electrons. The van der Waals surface area contributed by atoms with Crippen LogP contribution in [0.25, 0.3) is 0 Å². The molecule has 0 aliphatic rings. The topological polar surface area (TPSA) is 42.7 Å². The first-order chi connectivity index (χ1) is 10.1. The molecular formula is C16H19NO3S. The van der Waals surface area contributed by atoms with E-state index in [0.29, 0.717) is 12.3 Å². The number of benzene rings is 1. The van der Waals surface area contributed by atoms with Gasteiger partial charge >= 0.3 is 0 Å². The van der Waals surface area contributed by atoms with Crippen LogP contribution in [-0.4, -0.2) is 30.7 Å². The Hall–Kier alpha value is -1.88. The number of aryl methyl sites for hydroxylation is 1. The highest BCUT2D eigenvalue weighted by atomic mass is 32.2. The van der Waals surface area contributed by atoms with E-state index in [1.54, 1.807) is 19.1 Å². The summed E-state index contributed by atoms with van der Waals surface area (Å²) in [5, 5.41) is 0. The van der Waals surface area contributed by atoms with E-state index in [1.807, 2.05) is 43.3 Å². The first-order valence-corrected chi connectivity index (χ1v) is 7.63. The molecule has 1 aromatic carbocycles. The fraction of sp³-hybridized carbons (Fsp3) is 0.312. The Balaban J connectivity index is 1.85. The largest absolute Gasteiger partial charge is 0.497 e. The molecule has 0 aliphatic carbocycles. The number of nitrogens with zero attached hydrogens (tertiary/aromatic N) is 1. The normalized spacial score (nSPS) is 10.4. The van der Waals surface area contributed by atoms with Gasteiger partial charge < -0.3 is 14.1 Å². The first kappa shape index (κ1) is 15.5. The zero-order valence-corrected chi connectivity index (χ0v) is 13.3. The summed E-state index contributed by atoms with van der Waals surface area (Å²) in [7, 11) is 3.42. The van der Waals surface area contributed by atoms with Crippen LogP contribution in [-0.2, 0) is 11.3 Å². The Labute approximate surface area is 129 Å². The van der Waals surface area contributed by atoms with Crippen LogP contribution < -0.4 is 4.74 Å². The van der Waals surface area contributed by atoms with Gasteiger partial charge in [0.1, 0.15) is 17.3 Å². The number of thioether (sulfide) groups is 1. The average Bonchev–Trinajstić information content (AvgIpc) is 2.90. The van der Waals surface area contributed by atoms with Crippen molar-refractivity contribution in [3.63, 3.8) is 0 Å². The molecule has 2 rings (SSSR count). The summed E-state index contributed by atoms with van der Waals surface area (Å²) in [6.45, 7) is 2.38. The molecule has 0 atom stereocenters. The van der Waals surface area contributed by atoms with E-state index in [2.05, 4.69) is 0 Å². The lowest BCUT2D eigenvalue weighted by molar-refractivity contribution is -0.127. The first-order valence-electron chi connectivity index (χ1n) is 6.64. The zero-order valence-electron chi connectivity index (χ0n) is 12.5. The van der Waals surface area contributed by atoms with Gasteiger partial charge in [-0.25, -0.2) is 0 Å². The van der Waals surface area contributed by atoms with Gasteiger partial charge in [0.05, 0.1) is 19.4 Å². The van der Waals surface area contributed by atoms with Crippen LogP contribution >= 0.6 is 11.8 Å². The van der Waals surface area contributed by atoms with Crippen molar-refractivity contribution in [3.05, 3.63) is 47.9 Å². The second-order valence-corrected chi connectivity index (χ2v) is 5.78. The highest BCUT2D eigenvalue weighted by molar-refractivity contribution is 8.00. The number of rotatable bonds is 6. The van der Waals surface area contributed by atoms with Crippen LogP contribution in [0.15, 0.2) is 45.7 Å². The highest BCUT2D eigenvalue weighted by Crippen LogP contribution is 2.23. The monoisotopic (exact) mass is 305 g/mol. The van der Waals surface area contributed by atoms with E-state index in [4.69, 9.17) is 9.15 Å². The van der Waals surface area contributed by atoms with Crippen molar-refractivity contribution in [2.24, 2.45) is 0 Å². The summed E-state index contributed by atoms with van der Waals surface area (Å²) in [4.78, 5) is 14.8. The van der Waals surface area contributed by atoms with Crippen molar-refractivity contribution < 1.29 is 13.9 Å². The average molecular weight is 305 g/mol. The van der Waals surface area contributed by atoms with Crippen molar-refractivity contribution in [2.45, 2.75) is 18.4 Å².